The highest BCUT2D eigenvalue weighted by atomic mass is 79.9. The molecule has 1 rings (SSSR count). The Bertz CT molecular complexity index is 608. The van der Waals surface area contributed by atoms with E-state index in [-0.39, 0.29) is 10.4 Å². The number of ether oxygens (including phenoxy) is 1. The van der Waals surface area contributed by atoms with Crippen molar-refractivity contribution in [1.82, 2.24) is 9.97 Å². The summed E-state index contributed by atoms with van der Waals surface area (Å²) in [7, 11) is 1.08. The van der Waals surface area contributed by atoms with Gasteiger partial charge in [0, 0.05) is 0 Å². The number of urea groups is 2. The van der Waals surface area contributed by atoms with E-state index in [0.717, 1.165) is 7.11 Å². The van der Waals surface area contributed by atoms with Crippen LogP contribution in [0.4, 0.5) is 21.2 Å². The van der Waals surface area contributed by atoms with Gasteiger partial charge in [-0.2, -0.15) is 0 Å². The van der Waals surface area contributed by atoms with E-state index >= 15 is 0 Å². The van der Waals surface area contributed by atoms with Gasteiger partial charge in [-0.25, -0.2) is 46.1 Å². The third-order valence-electron chi connectivity index (χ3n) is 2.13. The predicted molar refractivity (Wildman–Crippen MR) is 73.6 cm³/mol. The molecule has 4 amide bonds. The summed E-state index contributed by atoms with van der Waals surface area (Å²) in [4.78, 5) is 41.3. The molecule has 0 bridgehead atoms. The number of rotatable bonds is 3. The second kappa shape index (κ2) is 6.29. The third kappa shape index (κ3) is 3.33. The Hall–Kier alpha value is -2.51. The first-order valence-electron chi connectivity index (χ1n) is 5.05. The Labute approximate surface area is 126 Å². The van der Waals surface area contributed by atoms with Crippen molar-refractivity contribution in [2.24, 2.45) is 23.2 Å². The fourth-order valence-corrected chi connectivity index (χ4v) is 1.62. The van der Waals surface area contributed by atoms with E-state index in [0.29, 0.717) is 10.0 Å². The molecule has 0 saturated carbocycles. The molecule has 1 aromatic heterocycles. The molecule has 0 saturated heterocycles. The van der Waals surface area contributed by atoms with Crippen LogP contribution in [0.25, 0.3) is 0 Å². The molecular formula is C8H11BrN8O4. The first-order chi connectivity index (χ1) is 9.70. The molecule has 12 nitrogen and oxygen atoms in total. The molecule has 0 aliphatic rings. The molecule has 0 aromatic carbocycles. The van der Waals surface area contributed by atoms with Crippen LogP contribution in [0.2, 0.25) is 0 Å². The molecule has 0 fully saturated rings. The topological polar surface area (TPSA) is 197 Å². The first kappa shape index (κ1) is 16.5. The minimum Gasteiger partial charge on any atom is -0.464 e. The van der Waals surface area contributed by atoms with Crippen LogP contribution in [0.1, 0.15) is 10.5 Å². The van der Waals surface area contributed by atoms with Gasteiger partial charge >= 0.3 is 18.0 Å². The van der Waals surface area contributed by atoms with E-state index in [2.05, 4.69) is 30.6 Å². The number of carbonyl (C=O) groups excluding carboxylic acids is 3. The number of nitrogens with two attached hydrogens (primary N) is 4. The zero-order valence-corrected chi connectivity index (χ0v) is 12.2. The van der Waals surface area contributed by atoms with E-state index in [9.17, 15) is 14.4 Å². The van der Waals surface area contributed by atoms with Crippen molar-refractivity contribution in [3.05, 3.63) is 10.3 Å². The van der Waals surface area contributed by atoms with Gasteiger partial charge in [0.05, 0.1) is 7.11 Å². The maximum absolute atomic E-state index is 11.6. The normalized spacial score (nSPS) is 9.90. The molecule has 13 heteroatoms. The number of anilines is 2. The van der Waals surface area contributed by atoms with Gasteiger partial charge < -0.3 is 16.2 Å². The highest BCUT2D eigenvalue weighted by Crippen LogP contribution is 2.26. The fourth-order valence-electron chi connectivity index (χ4n) is 1.16. The molecule has 8 N–H and O–H groups in total. The van der Waals surface area contributed by atoms with Gasteiger partial charge in [0.15, 0.2) is 21.9 Å². The largest absolute Gasteiger partial charge is 0.464 e. The summed E-state index contributed by atoms with van der Waals surface area (Å²) in [6.07, 6.45) is 0. The van der Waals surface area contributed by atoms with Crippen LogP contribution in [0, 0.1) is 0 Å². The first-order valence-corrected chi connectivity index (χ1v) is 5.84. The number of primary amides is 2. The molecule has 1 aromatic rings. The zero-order chi connectivity index (χ0) is 16.3. The van der Waals surface area contributed by atoms with Crippen LogP contribution in [-0.2, 0) is 4.74 Å². The molecule has 21 heavy (non-hydrogen) atoms. The number of aromatic nitrogens is 2. The number of carbonyl (C=O) groups is 3. The lowest BCUT2D eigenvalue weighted by atomic mass is 10.4. The lowest BCUT2D eigenvalue weighted by Gasteiger charge is -2.19. The van der Waals surface area contributed by atoms with Crippen LogP contribution in [-0.4, -0.2) is 35.1 Å². The van der Waals surface area contributed by atoms with Crippen LogP contribution in [0.15, 0.2) is 4.60 Å². The molecule has 0 aliphatic carbocycles. The highest BCUT2D eigenvalue weighted by molar-refractivity contribution is 9.10. The standard InChI is InChI=1S/C8H11BrN8O4/c1-21-6(18)2-4(16(12)7(10)19)15-5(3(9)14-2)17(13)8(11)20/h12-13H2,1H3,(H2,10,19)(H2,11,20). The number of hydrazine groups is 2. The van der Waals surface area contributed by atoms with Gasteiger partial charge in [-0.3, -0.25) is 0 Å². The predicted octanol–water partition coefficient (Wildman–Crippen LogP) is -1.46. The Morgan fingerprint density at radius 3 is 1.95 bits per heavy atom. The van der Waals surface area contributed by atoms with Crippen molar-refractivity contribution in [2.75, 3.05) is 17.1 Å². The fraction of sp³-hybridized carbons (Fsp3) is 0.125. The van der Waals surface area contributed by atoms with Crippen LogP contribution in [0.5, 0.6) is 0 Å². The number of nitrogens with zero attached hydrogens (tertiary/aromatic N) is 4. The van der Waals surface area contributed by atoms with E-state index in [1.807, 2.05) is 0 Å². The van der Waals surface area contributed by atoms with Crippen molar-refractivity contribution >= 4 is 45.6 Å². The van der Waals surface area contributed by atoms with Gasteiger partial charge in [0.25, 0.3) is 0 Å². The van der Waals surface area contributed by atoms with Crippen molar-refractivity contribution < 1.29 is 19.1 Å². The SMILES string of the molecule is COC(=O)c1nc(Br)c(N(N)C(N)=O)nc1N(N)C(N)=O. The molecule has 0 radical (unpaired) electrons. The van der Waals surface area contributed by atoms with Gasteiger partial charge in [0.1, 0.15) is 0 Å². The number of esters is 1. The average Bonchev–Trinajstić information content (AvgIpc) is 2.44. The summed E-state index contributed by atoms with van der Waals surface area (Å²) in [5.41, 5.74) is 9.56. The Morgan fingerprint density at radius 1 is 1.05 bits per heavy atom. The minimum absolute atomic E-state index is 0.106. The van der Waals surface area contributed by atoms with Crippen molar-refractivity contribution in [3.8, 4) is 0 Å². The summed E-state index contributed by atoms with van der Waals surface area (Å²) in [6, 6.07) is -2.20. The second-order valence-electron chi connectivity index (χ2n) is 3.42. The van der Waals surface area contributed by atoms with E-state index < -0.39 is 29.5 Å². The van der Waals surface area contributed by atoms with Gasteiger partial charge in [0.2, 0.25) is 0 Å². The highest BCUT2D eigenvalue weighted by Gasteiger charge is 2.26. The lowest BCUT2D eigenvalue weighted by molar-refractivity contribution is 0.0594. The summed E-state index contributed by atoms with van der Waals surface area (Å²) in [6.45, 7) is 0. The summed E-state index contributed by atoms with van der Waals surface area (Å²) in [5, 5.41) is 0.764. The molecule has 0 atom stereocenters. The van der Waals surface area contributed by atoms with Crippen molar-refractivity contribution in [1.29, 1.82) is 0 Å². The molecular weight excluding hydrogens is 352 g/mol. The monoisotopic (exact) mass is 362 g/mol. The molecule has 0 aliphatic heterocycles. The van der Waals surface area contributed by atoms with Gasteiger partial charge in [-0.1, -0.05) is 0 Å². The lowest BCUT2D eigenvalue weighted by Crippen LogP contribution is -2.45. The zero-order valence-electron chi connectivity index (χ0n) is 10.6. The van der Waals surface area contributed by atoms with Crippen molar-refractivity contribution in [3.63, 3.8) is 0 Å². The quantitative estimate of drug-likeness (QED) is 0.216. The molecule has 0 unspecified atom stereocenters. The summed E-state index contributed by atoms with van der Waals surface area (Å²) < 4.78 is 4.37. The number of methoxy groups -OCH3 is 1. The Balaban J connectivity index is 3.55. The van der Waals surface area contributed by atoms with Crippen LogP contribution in [0.3, 0.4) is 0 Å². The van der Waals surface area contributed by atoms with Crippen LogP contribution < -0.4 is 33.2 Å². The van der Waals surface area contributed by atoms with Crippen LogP contribution >= 0.6 is 15.9 Å². The Morgan fingerprint density at radius 2 is 1.52 bits per heavy atom. The van der Waals surface area contributed by atoms with Gasteiger partial charge in [-0.15, -0.1) is 0 Å². The van der Waals surface area contributed by atoms with Gasteiger partial charge in [-0.05, 0) is 15.9 Å². The molecule has 0 spiro atoms. The number of amides is 4. The van der Waals surface area contributed by atoms with E-state index in [1.54, 1.807) is 0 Å². The average molecular weight is 363 g/mol. The Kier molecular flexibility index (Phi) is 4.96. The smallest absolute Gasteiger partial charge is 0.360 e. The third-order valence-corrected chi connectivity index (χ3v) is 2.66. The molecule has 114 valence electrons. The summed E-state index contributed by atoms with van der Waals surface area (Å²) in [5.74, 6) is 9.06. The molecule has 1 heterocycles. The number of hydrogen-bond acceptors (Lipinski definition) is 8. The maximum Gasteiger partial charge on any atom is 0.360 e. The second-order valence-corrected chi connectivity index (χ2v) is 4.17. The van der Waals surface area contributed by atoms with E-state index in [4.69, 9.17) is 23.2 Å². The van der Waals surface area contributed by atoms with E-state index in [1.165, 1.54) is 0 Å². The number of halogens is 1. The minimum atomic E-state index is -1.13. The van der Waals surface area contributed by atoms with Crippen molar-refractivity contribution in [2.45, 2.75) is 0 Å². The maximum atomic E-state index is 11.6. The number of hydrogen-bond donors (Lipinski definition) is 4. The summed E-state index contributed by atoms with van der Waals surface area (Å²) >= 11 is 2.95.